The highest BCUT2D eigenvalue weighted by atomic mass is 15.1. The van der Waals surface area contributed by atoms with Crippen molar-refractivity contribution in [3.63, 3.8) is 0 Å². The van der Waals surface area contributed by atoms with Crippen molar-refractivity contribution in [2.75, 3.05) is 26.2 Å². The molecule has 0 aliphatic rings. The third kappa shape index (κ3) is 7.80. The molecule has 0 atom stereocenters. The summed E-state index contributed by atoms with van der Waals surface area (Å²) in [5.41, 5.74) is 5.58. The maximum atomic E-state index is 5.58. The second kappa shape index (κ2) is 9.17. The molecule has 0 amide bonds. The summed E-state index contributed by atoms with van der Waals surface area (Å²) in [6, 6.07) is 0. The summed E-state index contributed by atoms with van der Waals surface area (Å²) in [6.07, 6.45) is 3.73. The van der Waals surface area contributed by atoms with Gasteiger partial charge in [0.15, 0.2) is 0 Å². The molecule has 0 radical (unpaired) electrons. The van der Waals surface area contributed by atoms with Crippen LogP contribution >= 0.6 is 0 Å². The maximum absolute atomic E-state index is 5.58. The Bertz CT molecular complexity index is 130. The summed E-state index contributed by atoms with van der Waals surface area (Å²) in [4.78, 5) is 2.59. The quantitative estimate of drug-likeness (QED) is 0.639. The van der Waals surface area contributed by atoms with Crippen LogP contribution in [0.15, 0.2) is 0 Å². The van der Waals surface area contributed by atoms with Gasteiger partial charge in [-0.25, -0.2) is 0 Å². The molecule has 0 fully saturated rings. The Hall–Kier alpha value is -0.0800. The van der Waals surface area contributed by atoms with Crippen LogP contribution in [0.1, 0.15) is 47.0 Å². The summed E-state index contributed by atoms with van der Waals surface area (Å²) >= 11 is 0. The highest BCUT2D eigenvalue weighted by Crippen LogP contribution is 2.11. The van der Waals surface area contributed by atoms with Crippen LogP contribution in [0, 0.1) is 11.8 Å². The summed E-state index contributed by atoms with van der Waals surface area (Å²) in [6.45, 7) is 13.6. The van der Waals surface area contributed by atoms with Crippen molar-refractivity contribution in [3.05, 3.63) is 0 Å². The van der Waals surface area contributed by atoms with Gasteiger partial charge in [0.05, 0.1) is 0 Å². The molecule has 0 aromatic rings. The van der Waals surface area contributed by atoms with Gasteiger partial charge in [-0.15, -0.1) is 0 Å². The van der Waals surface area contributed by atoms with E-state index in [-0.39, 0.29) is 0 Å². The van der Waals surface area contributed by atoms with Gasteiger partial charge in [0.1, 0.15) is 0 Å². The molecular weight excluding hydrogens is 184 g/mol. The first-order chi connectivity index (χ1) is 7.13. The van der Waals surface area contributed by atoms with Crippen LogP contribution in [-0.2, 0) is 0 Å². The topological polar surface area (TPSA) is 29.3 Å². The van der Waals surface area contributed by atoms with Gasteiger partial charge in [0.25, 0.3) is 0 Å². The predicted molar refractivity (Wildman–Crippen MR) is 69.0 cm³/mol. The molecule has 2 nitrogen and oxygen atoms in total. The van der Waals surface area contributed by atoms with Crippen molar-refractivity contribution in [1.82, 2.24) is 4.90 Å². The Kier molecular flexibility index (Phi) is 9.12. The highest BCUT2D eigenvalue weighted by Gasteiger charge is 2.11. The largest absolute Gasteiger partial charge is 0.330 e. The zero-order chi connectivity index (χ0) is 11.7. The number of nitrogens with zero attached hydrogens (tertiary/aromatic N) is 1. The molecule has 0 rings (SSSR count). The van der Waals surface area contributed by atoms with Crippen LogP contribution in [-0.4, -0.2) is 31.1 Å². The highest BCUT2D eigenvalue weighted by molar-refractivity contribution is 4.66. The van der Waals surface area contributed by atoms with E-state index in [0.717, 1.165) is 24.8 Å². The van der Waals surface area contributed by atoms with Gasteiger partial charge in [0.2, 0.25) is 0 Å². The van der Waals surface area contributed by atoms with Gasteiger partial charge in [0, 0.05) is 13.1 Å². The van der Waals surface area contributed by atoms with Crippen molar-refractivity contribution >= 4 is 0 Å². The number of hydrogen-bond acceptors (Lipinski definition) is 2. The molecule has 0 saturated carbocycles. The molecule has 15 heavy (non-hydrogen) atoms. The average molecular weight is 214 g/mol. The second-order valence-electron chi connectivity index (χ2n) is 4.98. The third-order valence-electron chi connectivity index (χ3n) is 2.97. The van der Waals surface area contributed by atoms with E-state index in [1.807, 2.05) is 0 Å². The van der Waals surface area contributed by atoms with Crippen molar-refractivity contribution < 1.29 is 0 Å². The molecule has 0 aromatic heterocycles. The number of rotatable bonds is 9. The van der Waals surface area contributed by atoms with Crippen LogP contribution in [0.25, 0.3) is 0 Å². The molecule has 0 saturated heterocycles. The first-order valence-electron chi connectivity index (χ1n) is 6.56. The van der Waals surface area contributed by atoms with Gasteiger partial charge in [-0.3, -0.25) is 0 Å². The smallest absolute Gasteiger partial charge is 0.000957 e. The lowest BCUT2D eigenvalue weighted by Gasteiger charge is -2.27. The van der Waals surface area contributed by atoms with E-state index < -0.39 is 0 Å². The SMILES string of the molecule is CCC(CC)CN(CCCN)CC(C)C. The fourth-order valence-corrected chi connectivity index (χ4v) is 2.00. The van der Waals surface area contributed by atoms with Gasteiger partial charge < -0.3 is 10.6 Å². The fraction of sp³-hybridized carbons (Fsp3) is 1.00. The molecule has 0 aromatic carbocycles. The van der Waals surface area contributed by atoms with Gasteiger partial charge in [-0.05, 0) is 31.3 Å². The molecular formula is C13H30N2. The van der Waals surface area contributed by atoms with Crippen molar-refractivity contribution in [2.45, 2.75) is 47.0 Å². The molecule has 0 heterocycles. The lowest BCUT2D eigenvalue weighted by molar-refractivity contribution is 0.201. The molecule has 0 bridgehead atoms. The molecule has 0 aliphatic heterocycles. The molecule has 2 N–H and O–H groups in total. The Morgan fingerprint density at radius 1 is 1.07 bits per heavy atom. The molecule has 92 valence electrons. The minimum Gasteiger partial charge on any atom is -0.330 e. The van der Waals surface area contributed by atoms with Gasteiger partial charge in [-0.1, -0.05) is 40.5 Å². The first kappa shape index (κ1) is 14.9. The van der Waals surface area contributed by atoms with E-state index in [1.54, 1.807) is 0 Å². The van der Waals surface area contributed by atoms with Crippen molar-refractivity contribution in [3.8, 4) is 0 Å². The van der Waals surface area contributed by atoms with E-state index in [9.17, 15) is 0 Å². The monoisotopic (exact) mass is 214 g/mol. The number of hydrogen-bond donors (Lipinski definition) is 1. The average Bonchev–Trinajstić information content (AvgIpc) is 2.21. The van der Waals surface area contributed by atoms with E-state index >= 15 is 0 Å². The van der Waals surface area contributed by atoms with Crippen LogP contribution < -0.4 is 5.73 Å². The Morgan fingerprint density at radius 3 is 2.07 bits per heavy atom. The van der Waals surface area contributed by atoms with E-state index in [2.05, 4.69) is 32.6 Å². The Labute approximate surface area is 96.2 Å². The lowest BCUT2D eigenvalue weighted by Crippen LogP contribution is -2.34. The maximum Gasteiger partial charge on any atom is 0.000957 e. The Morgan fingerprint density at radius 2 is 1.67 bits per heavy atom. The predicted octanol–water partition coefficient (Wildman–Crippen LogP) is 2.73. The number of nitrogens with two attached hydrogens (primary N) is 1. The lowest BCUT2D eigenvalue weighted by atomic mass is 10.0. The first-order valence-corrected chi connectivity index (χ1v) is 6.56. The minimum absolute atomic E-state index is 0.761. The van der Waals surface area contributed by atoms with Crippen LogP contribution in [0.2, 0.25) is 0 Å². The second-order valence-corrected chi connectivity index (χ2v) is 4.98. The van der Waals surface area contributed by atoms with Crippen LogP contribution in [0.5, 0.6) is 0 Å². The normalized spacial score (nSPS) is 12.0. The summed E-state index contributed by atoms with van der Waals surface area (Å²) in [7, 11) is 0. The summed E-state index contributed by atoms with van der Waals surface area (Å²) in [5.74, 6) is 1.62. The van der Waals surface area contributed by atoms with Gasteiger partial charge >= 0.3 is 0 Å². The van der Waals surface area contributed by atoms with Crippen LogP contribution in [0.3, 0.4) is 0 Å². The molecule has 2 heteroatoms. The standard InChI is InChI=1S/C13H30N2/c1-5-13(6-2)11-15(9-7-8-14)10-12(3)4/h12-13H,5-11,14H2,1-4H3. The molecule has 0 spiro atoms. The zero-order valence-electron chi connectivity index (χ0n) is 11.1. The van der Waals surface area contributed by atoms with Crippen LogP contribution in [0.4, 0.5) is 0 Å². The molecule has 0 aliphatic carbocycles. The Balaban J connectivity index is 3.97. The van der Waals surface area contributed by atoms with Crippen molar-refractivity contribution in [2.24, 2.45) is 17.6 Å². The third-order valence-corrected chi connectivity index (χ3v) is 2.97. The molecule has 0 unspecified atom stereocenters. The van der Waals surface area contributed by atoms with E-state index in [1.165, 1.54) is 32.5 Å². The minimum atomic E-state index is 0.761. The summed E-state index contributed by atoms with van der Waals surface area (Å²) in [5, 5.41) is 0. The van der Waals surface area contributed by atoms with Gasteiger partial charge in [-0.2, -0.15) is 0 Å². The fourth-order valence-electron chi connectivity index (χ4n) is 2.00. The van der Waals surface area contributed by atoms with E-state index in [0.29, 0.717) is 0 Å². The zero-order valence-corrected chi connectivity index (χ0v) is 11.1. The van der Waals surface area contributed by atoms with Crippen molar-refractivity contribution in [1.29, 1.82) is 0 Å². The van der Waals surface area contributed by atoms with E-state index in [4.69, 9.17) is 5.73 Å². The summed E-state index contributed by atoms with van der Waals surface area (Å²) < 4.78 is 0.